The molecular formula is C23H28Cl2N2O3. The Hall–Kier alpha value is -2.24. The summed E-state index contributed by atoms with van der Waals surface area (Å²) in [6.07, 6.45) is 1.26. The molecule has 0 aliphatic heterocycles. The van der Waals surface area contributed by atoms with Gasteiger partial charge in [0.2, 0.25) is 11.8 Å². The van der Waals surface area contributed by atoms with Crippen LogP contribution < -0.4 is 10.1 Å². The first-order valence-corrected chi connectivity index (χ1v) is 10.8. The molecule has 0 aromatic heterocycles. The molecule has 2 rings (SSSR count). The van der Waals surface area contributed by atoms with Gasteiger partial charge < -0.3 is 15.0 Å². The molecule has 2 aromatic rings. The van der Waals surface area contributed by atoms with Crippen molar-refractivity contribution in [1.29, 1.82) is 0 Å². The summed E-state index contributed by atoms with van der Waals surface area (Å²) in [5, 5.41) is 3.57. The van der Waals surface area contributed by atoms with Crippen molar-refractivity contribution in [1.82, 2.24) is 10.2 Å². The highest BCUT2D eigenvalue weighted by Gasteiger charge is 2.28. The minimum atomic E-state index is -0.604. The van der Waals surface area contributed by atoms with E-state index in [-0.39, 0.29) is 24.8 Å². The fraction of sp³-hybridized carbons (Fsp3) is 0.391. The summed E-state index contributed by atoms with van der Waals surface area (Å²) in [4.78, 5) is 27.0. The van der Waals surface area contributed by atoms with E-state index in [1.54, 1.807) is 30.1 Å². The molecule has 0 bridgehead atoms. The summed E-state index contributed by atoms with van der Waals surface area (Å²) in [5.74, 6) is 0.406. The molecule has 0 spiro atoms. The maximum absolute atomic E-state index is 13.1. The summed E-state index contributed by atoms with van der Waals surface area (Å²) in [7, 11) is 1.56. The molecule has 1 atom stereocenters. The summed E-state index contributed by atoms with van der Waals surface area (Å²) in [6, 6.07) is 12.4. The number of nitrogens with zero attached hydrogens (tertiary/aromatic N) is 1. The number of hydrogen-bond acceptors (Lipinski definition) is 3. The Morgan fingerprint density at radius 1 is 1.10 bits per heavy atom. The number of halogens is 2. The molecule has 5 nitrogen and oxygen atoms in total. The van der Waals surface area contributed by atoms with Gasteiger partial charge in [-0.25, -0.2) is 0 Å². The largest absolute Gasteiger partial charge is 0.494 e. The van der Waals surface area contributed by atoms with Gasteiger partial charge in [0.05, 0.1) is 6.61 Å². The number of carbonyl (C=O) groups excluding carboxylic acids is 2. The number of likely N-dealkylation sites (N-methyl/N-ethyl adjacent to an activating group) is 1. The number of aryl methyl sites for hydroxylation is 1. The third-order valence-corrected chi connectivity index (χ3v) is 5.56. The van der Waals surface area contributed by atoms with Crippen molar-refractivity contribution in [3.8, 4) is 5.75 Å². The number of ether oxygens (including phenoxy) is 1. The third-order valence-electron chi connectivity index (χ3n) is 4.85. The summed E-state index contributed by atoms with van der Waals surface area (Å²) in [6.45, 7) is 4.46. The monoisotopic (exact) mass is 450 g/mol. The molecule has 2 aromatic carbocycles. The fourth-order valence-electron chi connectivity index (χ4n) is 3.13. The van der Waals surface area contributed by atoms with E-state index in [0.29, 0.717) is 35.1 Å². The summed E-state index contributed by atoms with van der Waals surface area (Å²) < 4.78 is 5.71. The predicted octanol–water partition coefficient (Wildman–Crippen LogP) is 5.01. The van der Waals surface area contributed by atoms with E-state index >= 15 is 0 Å². The molecule has 162 valence electrons. The van der Waals surface area contributed by atoms with Gasteiger partial charge in [0, 0.05) is 35.6 Å². The molecule has 30 heavy (non-hydrogen) atoms. The number of carbonyl (C=O) groups is 2. The molecule has 0 unspecified atom stereocenters. The van der Waals surface area contributed by atoms with Gasteiger partial charge in [-0.3, -0.25) is 9.59 Å². The zero-order chi connectivity index (χ0) is 22.1. The zero-order valence-corrected chi connectivity index (χ0v) is 19.1. The maximum atomic E-state index is 13.1. The minimum absolute atomic E-state index is 0.144. The highest BCUT2D eigenvalue weighted by molar-refractivity contribution is 6.36. The van der Waals surface area contributed by atoms with Crippen LogP contribution in [0.1, 0.15) is 37.3 Å². The Morgan fingerprint density at radius 2 is 1.73 bits per heavy atom. The van der Waals surface area contributed by atoms with Crippen LogP contribution in [0.15, 0.2) is 42.5 Å². The van der Waals surface area contributed by atoms with Gasteiger partial charge in [0.25, 0.3) is 0 Å². The van der Waals surface area contributed by atoms with Crippen LogP contribution in [-0.4, -0.2) is 36.4 Å². The van der Waals surface area contributed by atoms with Crippen molar-refractivity contribution < 1.29 is 14.3 Å². The van der Waals surface area contributed by atoms with Gasteiger partial charge in [-0.2, -0.15) is 0 Å². The van der Waals surface area contributed by atoms with Crippen molar-refractivity contribution >= 4 is 35.0 Å². The molecule has 0 heterocycles. The van der Waals surface area contributed by atoms with Gasteiger partial charge in [0.1, 0.15) is 11.8 Å². The molecule has 7 heteroatoms. The van der Waals surface area contributed by atoms with Gasteiger partial charge >= 0.3 is 0 Å². The number of hydrogen-bond donors (Lipinski definition) is 1. The van der Waals surface area contributed by atoms with E-state index in [4.69, 9.17) is 27.9 Å². The van der Waals surface area contributed by atoms with Crippen molar-refractivity contribution in [2.24, 2.45) is 0 Å². The van der Waals surface area contributed by atoms with Crippen LogP contribution >= 0.6 is 23.2 Å². The van der Waals surface area contributed by atoms with Gasteiger partial charge in [-0.05, 0) is 44.0 Å². The second-order valence-electron chi connectivity index (χ2n) is 7.03. The molecule has 0 aliphatic carbocycles. The zero-order valence-electron chi connectivity index (χ0n) is 17.6. The van der Waals surface area contributed by atoms with Crippen LogP contribution in [0.25, 0.3) is 0 Å². The molecule has 0 aliphatic rings. The normalized spacial score (nSPS) is 11.6. The van der Waals surface area contributed by atoms with Crippen LogP contribution in [0.5, 0.6) is 5.75 Å². The van der Waals surface area contributed by atoms with E-state index in [1.165, 1.54) is 0 Å². The Labute approximate surface area is 188 Å². The lowest BCUT2D eigenvalue weighted by molar-refractivity contribution is -0.141. The van der Waals surface area contributed by atoms with E-state index in [9.17, 15) is 9.59 Å². The van der Waals surface area contributed by atoms with Crippen molar-refractivity contribution in [3.05, 3.63) is 63.6 Å². The van der Waals surface area contributed by atoms with Crippen LogP contribution in [0.3, 0.4) is 0 Å². The van der Waals surface area contributed by atoms with Gasteiger partial charge in [0.15, 0.2) is 0 Å². The average Bonchev–Trinajstić information content (AvgIpc) is 2.73. The highest BCUT2D eigenvalue weighted by atomic mass is 35.5. The Morgan fingerprint density at radius 3 is 2.30 bits per heavy atom. The number of rotatable bonds is 10. The van der Waals surface area contributed by atoms with E-state index < -0.39 is 6.04 Å². The number of benzene rings is 2. The van der Waals surface area contributed by atoms with Crippen LogP contribution in [0.2, 0.25) is 10.0 Å². The molecule has 0 saturated carbocycles. The molecule has 1 N–H and O–H groups in total. The molecule has 0 radical (unpaired) electrons. The third kappa shape index (κ3) is 6.64. The quantitative estimate of drug-likeness (QED) is 0.517. The van der Waals surface area contributed by atoms with Gasteiger partial charge in [-0.15, -0.1) is 0 Å². The first-order chi connectivity index (χ1) is 14.4. The summed E-state index contributed by atoms with van der Waals surface area (Å²) >= 11 is 12.6. The maximum Gasteiger partial charge on any atom is 0.242 e. The Kier molecular flexibility index (Phi) is 9.47. The molecule has 0 saturated heterocycles. The standard InChI is InChI=1S/C23H28Cl2N2O3/c1-4-21(23(29)26-3)27(15-18-19(24)7-5-8-20(18)25)22(28)9-6-14-30-17-12-10-16(2)11-13-17/h5,7-8,10-13,21H,4,6,9,14-15H2,1-3H3,(H,26,29)/t21-/m1/s1. The Balaban J connectivity index is 2.07. The first kappa shape index (κ1) is 24.0. The molecule has 0 fully saturated rings. The lowest BCUT2D eigenvalue weighted by atomic mass is 10.1. The second-order valence-corrected chi connectivity index (χ2v) is 7.84. The smallest absolute Gasteiger partial charge is 0.242 e. The van der Waals surface area contributed by atoms with E-state index in [2.05, 4.69) is 5.32 Å². The van der Waals surface area contributed by atoms with Crippen LogP contribution in [0, 0.1) is 6.92 Å². The topological polar surface area (TPSA) is 58.6 Å². The SMILES string of the molecule is CC[C@H](C(=O)NC)N(Cc1c(Cl)cccc1Cl)C(=O)CCCOc1ccc(C)cc1. The fourth-order valence-corrected chi connectivity index (χ4v) is 3.65. The molecular weight excluding hydrogens is 423 g/mol. The van der Waals surface area contributed by atoms with Gasteiger partial charge in [-0.1, -0.05) is 53.9 Å². The van der Waals surface area contributed by atoms with Crippen molar-refractivity contribution in [3.63, 3.8) is 0 Å². The van der Waals surface area contributed by atoms with E-state index in [1.807, 2.05) is 38.1 Å². The number of nitrogens with one attached hydrogen (secondary N) is 1. The highest BCUT2D eigenvalue weighted by Crippen LogP contribution is 2.27. The van der Waals surface area contributed by atoms with Crippen molar-refractivity contribution in [2.75, 3.05) is 13.7 Å². The number of amides is 2. The Bertz CT molecular complexity index is 836. The van der Waals surface area contributed by atoms with Crippen LogP contribution in [-0.2, 0) is 16.1 Å². The van der Waals surface area contributed by atoms with Crippen molar-refractivity contribution in [2.45, 2.75) is 45.7 Å². The molecule has 2 amide bonds. The lowest BCUT2D eigenvalue weighted by Gasteiger charge is -2.31. The second kappa shape index (κ2) is 11.8. The lowest BCUT2D eigenvalue weighted by Crippen LogP contribution is -2.48. The van der Waals surface area contributed by atoms with E-state index in [0.717, 1.165) is 11.3 Å². The minimum Gasteiger partial charge on any atom is -0.494 e. The first-order valence-electron chi connectivity index (χ1n) is 10.0. The average molecular weight is 451 g/mol. The summed E-state index contributed by atoms with van der Waals surface area (Å²) in [5.41, 5.74) is 1.79. The van der Waals surface area contributed by atoms with Crippen LogP contribution in [0.4, 0.5) is 0 Å². The predicted molar refractivity (Wildman–Crippen MR) is 121 cm³/mol.